The molecule has 0 saturated heterocycles. The van der Waals surface area contributed by atoms with Crippen molar-refractivity contribution in [3.63, 3.8) is 0 Å². The van der Waals surface area contributed by atoms with Crippen LogP contribution in [0.25, 0.3) is 17.3 Å². The van der Waals surface area contributed by atoms with Crippen molar-refractivity contribution >= 4 is 23.8 Å². The molecule has 4 aromatic rings. The monoisotopic (exact) mass is 477 g/mol. The molecule has 34 heavy (non-hydrogen) atoms. The third-order valence-corrected chi connectivity index (χ3v) is 6.27. The van der Waals surface area contributed by atoms with Crippen LogP contribution in [0.3, 0.4) is 0 Å². The summed E-state index contributed by atoms with van der Waals surface area (Å²) in [5.74, 6) is 3.46. The van der Waals surface area contributed by atoms with E-state index in [1.807, 2.05) is 53.4 Å². The molecule has 0 saturated carbocycles. The standard InChI is InChI=1S/C24H23N5O4S/c1-31-18-9-5-10-19(32-2)21(18)29-22(20-11-6-13-33-20)25-26-24(29)27-34-14-12-28-15-16-7-3-4-8-17(16)23(28)30/h3-11,13H,12,14-15H2,1-2H3,(H,26,27). The summed E-state index contributed by atoms with van der Waals surface area (Å²) < 4.78 is 21.9. The SMILES string of the molecule is COc1cccc(OC)c1-n1c(NSCCN2Cc3ccccc3C2=O)nnc1-c1ccco1. The van der Waals surface area contributed by atoms with Crippen LogP contribution in [0.5, 0.6) is 11.5 Å². The Hall–Kier alpha value is -3.92. The van der Waals surface area contributed by atoms with E-state index in [1.165, 1.54) is 11.9 Å². The quantitative estimate of drug-likeness (QED) is 0.282. The molecule has 0 spiro atoms. The van der Waals surface area contributed by atoms with Crippen molar-refractivity contribution in [3.8, 4) is 28.8 Å². The first-order chi connectivity index (χ1) is 16.7. The molecule has 1 N–H and O–H groups in total. The number of ether oxygens (including phenoxy) is 2. The van der Waals surface area contributed by atoms with Crippen molar-refractivity contribution in [2.75, 3.05) is 31.2 Å². The molecule has 0 unspecified atom stereocenters. The van der Waals surface area contributed by atoms with Crippen LogP contribution in [0.15, 0.2) is 65.3 Å². The maximum Gasteiger partial charge on any atom is 0.254 e. The van der Waals surface area contributed by atoms with E-state index < -0.39 is 0 Å². The highest BCUT2D eigenvalue weighted by Gasteiger charge is 2.27. The Morgan fingerprint density at radius 1 is 1.03 bits per heavy atom. The number of carbonyl (C=O) groups excluding carboxylic acids is 1. The molecule has 0 atom stereocenters. The summed E-state index contributed by atoms with van der Waals surface area (Å²) in [5.41, 5.74) is 2.50. The van der Waals surface area contributed by atoms with Gasteiger partial charge in [-0.2, -0.15) is 0 Å². The topological polar surface area (TPSA) is 94.7 Å². The molecule has 5 rings (SSSR count). The van der Waals surface area contributed by atoms with Crippen LogP contribution in [0.1, 0.15) is 15.9 Å². The molecule has 1 aliphatic heterocycles. The highest BCUT2D eigenvalue weighted by Crippen LogP contribution is 2.38. The minimum absolute atomic E-state index is 0.0678. The van der Waals surface area contributed by atoms with Gasteiger partial charge in [-0.05, 0) is 47.8 Å². The Morgan fingerprint density at radius 2 is 1.82 bits per heavy atom. The second-order valence-electron chi connectivity index (χ2n) is 7.51. The van der Waals surface area contributed by atoms with Crippen LogP contribution >= 0.6 is 11.9 Å². The van der Waals surface area contributed by atoms with Gasteiger partial charge >= 0.3 is 0 Å². The van der Waals surface area contributed by atoms with Gasteiger partial charge < -0.3 is 18.8 Å². The van der Waals surface area contributed by atoms with Crippen molar-refractivity contribution in [1.29, 1.82) is 0 Å². The van der Waals surface area contributed by atoms with Gasteiger partial charge in [0.2, 0.25) is 11.8 Å². The number of carbonyl (C=O) groups is 1. The molecule has 0 bridgehead atoms. The smallest absolute Gasteiger partial charge is 0.254 e. The molecule has 174 valence electrons. The summed E-state index contributed by atoms with van der Waals surface area (Å²) in [6, 6.07) is 16.9. The van der Waals surface area contributed by atoms with Crippen LogP contribution in [0.4, 0.5) is 5.95 Å². The van der Waals surface area contributed by atoms with Crippen LogP contribution in [-0.2, 0) is 6.54 Å². The van der Waals surface area contributed by atoms with E-state index in [-0.39, 0.29) is 5.91 Å². The lowest BCUT2D eigenvalue weighted by molar-refractivity contribution is 0.0788. The van der Waals surface area contributed by atoms with Gasteiger partial charge in [-0.25, -0.2) is 0 Å². The third-order valence-electron chi connectivity index (χ3n) is 5.55. The lowest BCUT2D eigenvalue weighted by atomic mass is 10.1. The fourth-order valence-electron chi connectivity index (χ4n) is 3.95. The zero-order chi connectivity index (χ0) is 23.5. The fraction of sp³-hybridized carbons (Fsp3) is 0.208. The highest BCUT2D eigenvalue weighted by atomic mass is 32.2. The van der Waals surface area contributed by atoms with Gasteiger partial charge in [-0.3, -0.25) is 14.1 Å². The summed E-state index contributed by atoms with van der Waals surface area (Å²) in [6.07, 6.45) is 1.58. The number of benzene rings is 2. The number of aromatic nitrogens is 3. The number of amides is 1. The van der Waals surface area contributed by atoms with Crippen molar-refractivity contribution in [2.24, 2.45) is 0 Å². The number of hydrogen-bond acceptors (Lipinski definition) is 8. The number of anilines is 1. The molecule has 0 fully saturated rings. The van der Waals surface area contributed by atoms with Gasteiger partial charge in [0.25, 0.3) is 5.91 Å². The number of para-hydroxylation sites is 1. The molecular weight excluding hydrogens is 454 g/mol. The van der Waals surface area contributed by atoms with E-state index in [1.54, 1.807) is 31.1 Å². The molecule has 1 aliphatic rings. The maximum atomic E-state index is 12.6. The minimum atomic E-state index is 0.0678. The first-order valence-corrected chi connectivity index (χ1v) is 11.7. The average Bonchev–Trinajstić information content (AvgIpc) is 3.61. The third kappa shape index (κ3) is 3.96. The summed E-state index contributed by atoms with van der Waals surface area (Å²) in [5, 5.41) is 8.69. The molecular formula is C24H23N5O4S. The first kappa shape index (κ1) is 21.9. The number of rotatable bonds is 9. The van der Waals surface area contributed by atoms with Crippen molar-refractivity contribution in [2.45, 2.75) is 6.54 Å². The van der Waals surface area contributed by atoms with Gasteiger partial charge in [0.1, 0.15) is 17.2 Å². The Labute approximate surface area is 200 Å². The lowest BCUT2D eigenvalue weighted by Gasteiger charge is -2.18. The Morgan fingerprint density at radius 3 is 2.53 bits per heavy atom. The van der Waals surface area contributed by atoms with Crippen molar-refractivity contribution in [3.05, 3.63) is 72.0 Å². The Kier molecular flexibility index (Phi) is 6.13. The second kappa shape index (κ2) is 9.52. The summed E-state index contributed by atoms with van der Waals surface area (Å²) >= 11 is 1.44. The van der Waals surface area contributed by atoms with Gasteiger partial charge in [0.15, 0.2) is 5.76 Å². The number of methoxy groups -OCH3 is 2. The molecule has 0 aliphatic carbocycles. The van der Waals surface area contributed by atoms with E-state index in [4.69, 9.17) is 13.9 Å². The van der Waals surface area contributed by atoms with Crippen LogP contribution in [0, 0.1) is 0 Å². The predicted octanol–water partition coefficient (Wildman–Crippen LogP) is 4.26. The molecule has 9 nitrogen and oxygen atoms in total. The van der Waals surface area contributed by atoms with E-state index in [2.05, 4.69) is 14.9 Å². The predicted molar refractivity (Wildman–Crippen MR) is 129 cm³/mol. The number of nitrogens with one attached hydrogen (secondary N) is 1. The summed E-state index contributed by atoms with van der Waals surface area (Å²) in [7, 11) is 3.20. The van der Waals surface area contributed by atoms with Gasteiger partial charge in [-0.15, -0.1) is 10.2 Å². The fourth-order valence-corrected chi connectivity index (χ4v) is 4.62. The van der Waals surface area contributed by atoms with Crippen LogP contribution < -0.4 is 14.2 Å². The number of fused-ring (bicyclic) bond motifs is 1. The molecule has 1 amide bonds. The molecule has 2 aromatic heterocycles. The second-order valence-corrected chi connectivity index (χ2v) is 8.41. The molecule has 2 aromatic carbocycles. The highest BCUT2D eigenvalue weighted by molar-refractivity contribution is 8.00. The minimum Gasteiger partial charge on any atom is -0.494 e. The summed E-state index contributed by atoms with van der Waals surface area (Å²) in [6.45, 7) is 1.23. The lowest BCUT2D eigenvalue weighted by Crippen LogP contribution is -2.26. The Balaban J connectivity index is 1.37. The first-order valence-electron chi connectivity index (χ1n) is 10.7. The van der Waals surface area contributed by atoms with E-state index >= 15 is 0 Å². The normalized spacial score (nSPS) is 12.6. The van der Waals surface area contributed by atoms with Gasteiger partial charge in [-0.1, -0.05) is 24.3 Å². The number of hydrogen-bond donors (Lipinski definition) is 1. The number of furan rings is 1. The van der Waals surface area contributed by atoms with Gasteiger partial charge in [0.05, 0.1) is 20.5 Å². The van der Waals surface area contributed by atoms with E-state index in [0.29, 0.717) is 53.6 Å². The van der Waals surface area contributed by atoms with E-state index in [0.717, 1.165) is 11.1 Å². The van der Waals surface area contributed by atoms with E-state index in [9.17, 15) is 4.79 Å². The largest absolute Gasteiger partial charge is 0.494 e. The zero-order valence-electron chi connectivity index (χ0n) is 18.7. The number of nitrogens with zero attached hydrogens (tertiary/aromatic N) is 4. The Bertz CT molecular complexity index is 1280. The molecule has 3 heterocycles. The molecule has 10 heteroatoms. The molecule has 0 radical (unpaired) electrons. The summed E-state index contributed by atoms with van der Waals surface area (Å²) in [4.78, 5) is 14.5. The van der Waals surface area contributed by atoms with Crippen molar-refractivity contribution in [1.82, 2.24) is 19.7 Å². The van der Waals surface area contributed by atoms with Crippen molar-refractivity contribution < 1.29 is 18.7 Å². The van der Waals surface area contributed by atoms with Crippen LogP contribution in [-0.4, -0.2) is 52.1 Å². The zero-order valence-corrected chi connectivity index (χ0v) is 19.5. The van der Waals surface area contributed by atoms with Crippen LogP contribution in [0.2, 0.25) is 0 Å². The maximum absolute atomic E-state index is 12.6. The average molecular weight is 478 g/mol. The van der Waals surface area contributed by atoms with Gasteiger partial charge in [0, 0.05) is 24.4 Å².